The van der Waals surface area contributed by atoms with Gasteiger partial charge in [0, 0.05) is 18.8 Å². The van der Waals surface area contributed by atoms with Gasteiger partial charge in [-0.2, -0.15) is 0 Å². The molecule has 0 bridgehead atoms. The first-order valence-corrected chi connectivity index (χ1v) is 7.12. The molecule has 3 N–H and O–H groups in total. The Hall–Kier alpha value is -1.21. The lowest BCUT2D eigenvalue weighted by Crippen LogP contribution is -2.51. The number of aromatic nitrogens is 1. The normalized spacial score (nSPS) is 28.1. The third-order valence-corrected chi connectivity index (χ3v) is 4.30. The molecular weight excluding hydrogens is 256 g/mol. The molecule has 3 atom stereocenters. The van der Waals surface area contributed by atoms with Crippen molar-refractivity contribution in [3.63, 3.8) is 0 Å². The van der Waals surface area contributed by atoms with Crippen LogP contribution in [0.5, 0.6) is 5.75 Å². The smallest absolute Gasteiger partial charge is 0.137 e. The number of hydrogen-bond donors (Lipinski definition) is 2. The maximum absolute atomic E-state index is 6.02. The van der Waals surface area contributed by atoms with Crippen LogP contribution in [0.3, 0.4) is 0 Å². The molecule has 0 aromatic carbocycles. The molecule has 110 valence electrons. The van der Waals surface area contributed by atoms with Crippen molar-refractivity contribution in [2.24, 2.45) is 5.84 Å². The van der Waals surface area contributed by atoms with Crippen molar-refractivity contribution < 1.29 is 9.47 Å². The summed E-state index contributed by atoms with van der Waals surface area (Å²) in [6.07, 6.45) is 6.06. The Kier molecular flexibility index (Phi) is 4.16. The zero-order valence-electron chi connectivity index (χ0n) is 11.8. The maximum Gasteiger partial charge on any atom is 0.137 e. The van der Waals surface area contributed by atoms with Gasteiger partial charge < -0.3 is 9.47 Å². The third-order valence-electron chi connectivity index (χ3n) is 4.30. The molecule has 6 nitrogen and oxygen atoms in total. The number of nitrogens with two attached hydrogens (primary N) is 1. The Bertz CT molecular complexity index is 457. The van der Waals surface area contributed by atoms with E-state index in [1.165, 1.54) is 12.8 Å². The average Bonchev–Trinajstić information content (AvgIpc) is 2.96. The molecular formula is C14H22N4O2. The molecule has 1 aromatic rings. The molecule has 2 saturated heterocycles. The molecule has 20 heavy (non-hydrogen) atoms. The van der Waals surface area contributed by atoms with E-state index in [-0.39, 0.29) is 12.1 Å². The molecule has 0 radical (unpaired) electrons. The van der Waals surface area contributed by atoms with E-state index < -0.39 is 0 Å². The number of morpholine rings is 1. The Morgan fingerprint density at radius 1 is 1.55 bits per heavy atom. The Balaban J connectivity index is 1.75. The van der Waals surface area contributed by atoms with Crippen LogP contribution in [-0.2, 0) is 4.74 Å². The van der Waals surface area contributed by atoms with Crippen LogP contribution >= 0.6 is 0 Å². The first kappa shape index (κ1) is 13.8. The van der Waals surface area contributed by atoms with Crippen LogP contribution in [0.4, 0.5) is 0 Å². The van der Waals surface area contributed by atoms with Gasteiger partial charge in [-0.15, -0.1) is 0 Å². The van der Waals surface area contributed by atoms with Crippen LogP contribution in [0, 0.1) is 0 Å². The van der Waals surface area contributed by atoms with Gasteiger partial charge >= 0.3 is 0 Å². The van der Waals surface area contributed by atoms with Crippen LogP contribution in [0.1, 0.15) is 24.4 Å². The minimum Gasteiger partial charge on any atom is -0.495 e. The average molecular weight is 278 g/mol. The predicted molar refractivity (Wildman–Crippen MR) is 75.2 cm³/mol. The monoisotopic (exact) mass is 278 g/mol. The fourth-order valence-corrected chi connectivity index (χ4v) is 3.18. The molecule has 2 aliphatic heterocycles. The highest BCUT2D eigenvalue weighted by Crippen LogP contribution is 2.29. The Morgan fingerprint density at radius 3 is 3.25 bits per heavy atom. The van der Waals surface area contributed by atoms with E-state index in [0.29, 0.717) is 6.04 Å². The molecule has 3 rings (SSSR count). The van der Waals surface area contributed by atoms with Gasteiger partial charge in [0.1, 0.15) is 5.75 Å². The largest absolute Gasteiger partial charge is 0.495 e. The molecule has 2 fully saturated rings. The van der Waals surface area contributed by atoms with Crippen molar-refractivity contribution in [1.82, 2.24) is 15.3 Å². The lowest BCUT2D eigenvalue weighted by molar-refractivity contribution is -0.0653. The summed E-state index contributed by atoms with van der Waals surface area (Å²) >= 11 is 0. The summed E-state index contributed by atoms with van der Waals surface area (Å²) < 4.78 is 11.2. The number of rotatable bonds is 4. The van der Waals surface area contributed by atoms with Gasteiger partial charge in [0.2, 0.25) is 0 Å². The minimum atomic E-state index is -0.0702. The summed E-state index contributed by atoms with van der Waals surface area (Å²) in [6.45, 7) is 2.87. The summed E-state index contributed by atoms with van der Waals surface area (Å²) in [5.74, 6) is 6.48. The van der Waals surface area contributed by atoms with Gasteiger partial charge in [-0.1, -0.05) is 0 Å². The van der Waals surface area contributed by atoms with E-state index in [1.54, 1.807) is 13.3 Å². The highest BCUT2D eigenvalue weighted by Gasteiger charge is 2.36. The van der Waals surface area contributed by atoms with Gasteiger partial charge in [0.15, 0.2) is 0 Å². The molecule has 2 aliphatic rings. The quantitative estimate of drug-likeness (QED) is 0.616. The van der Waals surface area contributed by atoms with E-state index >= 15 is 0 Å². The highest BCUT2D eigenvalue weighted by atomic mass is 16.5. The topological polar surface area (TPSA) is 72.6 Å². The summed E-state index contributed by atoms with van der Waals surface area (Å²) in [5, 5.41) is 0. The van der Waals surface area contributed by atoms with Crippen LogP contribution in [0.2, 0.25) is 0 Å². The van der Waals surface area contributed by atoms with Crippen molar-refractivity contribution in [3.05, 3.63) is 24.0 Å². The number of hydrazine groups is 1. The number of ether oxygens (including phenoxy) is 2. The zero-order chi connectivity index (χ0) is 13.9. The summed E-state index contributed by atoms with van der Waals surface area (Å²) in [5.41, 5.74) is 3.87. The van der Waals surface area contributed by atoms with E-state index in [9.17, 15) is 0 Å². The van der Waals surface area contributed by atoms with E-state index in [1.807, 2.05) is 12.3 Å². The number of nitrogens with one attached hydrogen (secondary N) is 1. The first-order chi connectivity index (χ1) is 9.81. The number of fused-ring (bicyclic) bond motifs is 1. The number of pyridine rings is 1. The second-order valence-electron chi connectivity index (χ2n) is 5.47. The predicted octanol–water partition coefficient (Wildman–Crippen LogP) is 0.458. The summed E-state index contributed by atoms with van der Waals surface area (Å²) in [7, 11) is 1.64. The van der Waals surface area contributed by atoms with Crippen molar-refractivity contribution in [3.8, 4) is 5.75 Å². The number of methoxy groups -OCH3 is 1. The molecule has 0 saturated carbocycles. The van der Waals surface area contributed by atoms with Crippen LogP contribution < -0.4 is 16.0 Å². The number of nitrogens with zero attached hydrogens (tertiary/aromatic N) is 2. The van der Waals surface area contributed by atoms with Gasteiger partial charge in [-0.25, -0.2) is 0 Å². The van der Waals surface area contributed by atoms with Crippen molar-refractivity contribution >= 4 is 0 Å². The van der Waals surface area contributed by atoms with E-state index in [0.717, 1.165) is 31.0 Å². The maximum atomic E-state index is 6.02. The van der Waals surface area contributed by atoms with Gasteiger partial charge in [-0.05, 0) is 31.0 Å². The molecule has 0 aliphatic carbocycles. The molecule has 0 amide bonds. The van der Waals surface area contributed by atoms with Gasteiger partial charge in [0.05, 0.1) is 32.1 Å². The zero-order valence-corrected chi connectivity index (χ0v) is 11.8. The Morgan fingerprint density at radius 2 is 2.45 bits per heavy atom. The summed E-state index contributed by atoms with van der Waals surface area (Å²) in [4.78, 5) is 6.70. The lowest BCUT2D eigenvalue weighted by atomic mass is 10.0. The third kappa shape index (κ3) is 2.64. The standard InChI is InChI=1S/C14H22N4O2/c1-19-12-5-10(6-16-7-12)14(17-15)13-8-18-4-2-3-11(18)9-20-13/h5-7,11,13-14,17H,2-4,8-9,15H2,1H3. The van der Waals surface area contributed by atoms with Crippen LogP contribution in [0.25, 0.3) is 0 Å². The molecule has 3 heterocycles. The minimum absolute atomic E-state index is 0.0447. The molecule has 6 heteroatoms. The fraction of sp³-hybridized carbons (Fsp3) is 0.643. The molecule has 0 spiro atoms. The van der Waals surface area contributed by atoms with Crippen molar-refractivity contribution in [1.29, 1.82) is 0 Å². The Labute approximate surface area is 119 Å². The molecule has 1 aromatic heterocycles. The first-order valence-electron chi connectivity index (χ1n) is 7.12. The second-order valence-corrected chi connectivity index (χ2v) is 5.47. The molecule has 3 unspecified atom stereocenters. The van der Waals surface area contributed by atoms with Crippen LogP contribution in [0.15, 0.2) is 18.5 Å². The van der Waals surface area contributed by atoms with Crippen molar-refractivity contribution in [2.45, 2.75) is 31.0 Å². The van der Waals surface area contributed by atoms with Crippen molar-refractivity contribution in [2.75, 3.05) is 26.8 Å². The van der Waals surface area contributed by atoms with Gasteiger partial charge in [-0.3, -0.25) is 21.2 Å². The van der Waals surface area contributed by atoms with Crippen LogP contribution in [-0.4, -0.2) is 48.8 Å². The van der Waals surface area contributed by atoms with Gasteiger partial charge in [0.25, 0.3) is 0 Å². The SMILES string of the molecule is COc1cncc(C(NN)C2CN3CCCC3CO2)c1. The summed E-state index contributed by atoms with van der Waals surface area (Å²) in [6, 6.07) is 2.48. The van der Waals surface area contributed by atoms with E-state index in [4.69, 9.17) is 15.3 Å². The fourth-order valence-electron chi connectivity index (χ4n) is 3.18. The second kappa shape index (κ2) is 6.05. The highest BCUT2D eigenvalue weighted by molar-refractivity contribution is 5.26. The van der Waals surface area contributed by atoms with E-state index in [2.05, 4.69) is 15.3 Å². The lowest BCUT2D eigenvalue weighted by Gasteiger charge is -2.38. The number of hydrogen-bond acceptors (Lipinski definition) is 6.